The summed E-state index contributed by atoms with van der Waals surface area (Å²) in [6.07, 6.45) is 1.89. The molecule has 4 unspecified atom stereocenters. The second-order valence-corrected chi connectivity index (χ2v) is 5.38. The average molecular weight is 282 g/mol. The van der Waals surface area contributed by atoms with Gasteiger partial charge in [-0.3, -0.25) is 4.79 Å². The molecule has 4 nitrogen and oxygen atoms in total. The summed E-state index contributed by atoms with van der Waals surface area (Å²) in [5.74, 6) is -1.82. The van der Waals surface area contributed by atoms with Gasteiger partial charge in [0.2, 0.25) is 0 Å². The minimum absolute atomic E-state index is 0.0473. The highest BCUT2D eigenvalue weighted by atomic mass is 19.1. The predicted octanol–water partition coefficient (Wildman–Crippen LogP) is 1.20. The monoisotopic (exact) mass is 282 g/mol. The molecule has 1 saturated carbocycles. The molecule has 1 aromatic rings. The fourth-order valence-corrected chi connectivity index (χ4v) is 3.05. The number of rotatable bonds is 2. The van der Waals surface area contributed by atoms with E-state index in [0.29, 0.717) is 6.61 Å². The van der Waals surface area contributed by atoms with Crippen molar-refractivity contribution in [1.29, 1.82) is 0 Å². The van der Waals surface area contributed by atoms with Gasteiger partial charge in [-0.25, -0.2) is 8.78 Å². The minimum atomic E-state index is -0.778. The summed E-state index contributed by atoms with van der Waals surface area (Å²) in [4.78, 5) is 12.0. The van der Waals surface area contributed by atoms with Gasteiger partial charge in [0.05, 0.1) is 12.1 Å². The van der Waals surface area contributed by atoms with Crippen molar-refractivity contribution < 1.29 is 18.3 Å². The lowest BCUT2D eigenvalue weighted by Gasteiger charge is -2.52. The van der Waals surface area contributed by atoms with E-state index in [-0.39, 0.29) is 29.7 Å². The van der Waals surface area contributed by atoms with E-state index in [0.717, 1.165) is 31.0 Å². The number of ether oxygens (including phenoxy) is 1. The van der Waals surface area contributed by atoms with E-state index >= 15 is 0 Å². The van der Waals surface area contributed by atoms with E-state index in [1.54, 1.807) is 0 Å². The van der Waals surface area contributed by atoms with Crippen molar-refractivity contribution in [3.8, 4) is 0 Å². The van der Waals surface area contributed by atoms with Crippen LogP contribution in [-0.2, 0) is 4.74 Å². The maximum atomic E-state index is 13.1. The van der Waals surface area contributed by atoms with Crippen LogP contribution in [0.25, 0.3) is 0 Å². The minimum Gasteiger partial charge on any atom is -0.376 e. The number of halogens is 2. The summed E-state index contributed by atoms with van der Waals surface area (Å²) in [5, 5.41) is 2.71. The molecule has 3 rings (SSSR count). The van der Waals surface area contributed by atoms with Crippen molar-refractivity contribution >= 4 is 5.91 Å². The zero-order chi connectivity index (χ0) is 14.3. The van der Waals surface area contributed by atoms with Gasteiger partial charge in [0.15, 0.2) is 0 Å². The van der Waals surface area contributed by atoms with Crippen LogP contribution in [0.15, 0.2) is 18.2 Å². The van der Waals surface area contributed by atoms with E-state index in [2.05, 4.69) is 5.32 Å². The van der Waals surface area contributed by atoms with Crippen molar-refractivity contribution in [3.05, 3.63) is 35.4 Å². The SMILES string of the molecule is NC1C2CCCOC2C1NC(=O)c1cc(F)cc(F)c1. The first-order chi connectivity index (χ1) is 9.56. The number of hydrogen-bond acceptors (Lipinski definition) is 3. The fraction of sp³-hybridized carbons (Fsp3) is 0.500. The fourth-order valence-electron chi connectivity index (χ4n) is 3.05. The molecular weight excluding hydrogens is 266 g/mol. The Bertz CT molecular complexity index is 518. The van der Waals surface area contributed by atoms with E-state index in [1.165, 1.54) is 0 Å². The molecule has 108 valence electrons. The van der Waals surface area contributed by atoms with Crippen LogP contribution < -0.4 is 11.1 Å². The second-order valence-electron chi connectivity index (χ2n) is 5.38. The van der Waals surface area contributed by atoms with Crippen molar-refractivity contribution in [2.24, 2.45) is 11.7 Å². The standard InChI is InChI=1S/C14H16F2N2O2/c15-8-4-7(5-9(16)6-8)14(19)18-12-11(17)10-2-1-3-20-13(10)12/h4-6,10-13H,1-3,17H2,(H,18,19). The molecule has 3 N–H and O–H groups in total. The van der Waals surface area contributed by atoms with E-state index in [1.807, 2.05) is 0 Å². The summed E-state index contributed by atoms with van der Waals surface area (Å²) in [5.41, 5.74) is 5.97. The zero-order valence-corrected chi connectivity index (χ0v) is 10.8. The summed E-state index contributed by atoms with van der Waals surface area (Å²) in [6, 6.07) is 2.28. The Morgan fingerprint density at radius 2 is 2.00 bits per heavy atom. The van der Waals surface area contributed by atoms with Gasteiger partial charge < -0.3 is 15.8 Å². The maximum Gasteiger partial charge on any atom is 0.251 e. The lowest BCUT2D eigenvalue weighted by molar-refractivity contribution is -0.117. The third-order valence-electron chi connectivity index (χ3n) is 4.10. The normalized spacial score (nSPS) is 32.1. The molecule has 1 aliphatic heterocycles. The smallest absolute Gasteiger partial charge is 0.251 e. The van der Waals surface area contributed by atoms with Crippen LogP contribution in [0.4, 0.5) is 8.78 Å². The third kappa shape index (κ3) is 2.29. The Labute approximate surface area is 115 Å². The largest absolute Gasteiger partial charge is 0.376 e. The maximum absolute atomic E-state index is 13.1. The van der Waals surface area contributed by atoms with Crippen LogP contribution in [0.2, 0.25) is 0 Å². The van der Waals surface area contributed by atoms with Gasteiger partial charge in [-0.15, -0.1) is 0 Å². The van der Waals surface area contributed by atoms with Crippen LogP contribution in [0.5, 0.6) is 0 Å². The molecule has 4 atom stereocenters. The van der Waals surface area contributed by atoms with Crippen molar-refractivity contribution in [3.63, 3.8) is 0 Å². The number of nitrogens with two attached hydrogens (primary N) is 1. The Morgan fingerprint density at radius 1 is 1.30 bits per heavy atom. The number of hydrogen-bond donors (Lipinski definition) is 2. The first-order valence-corrected chi connectivity index (χ1v) is 6.70. The van der Waals surface area contributed by atoms with Gasteiger partial charge in [-0.2, -0.15) is 0 Å². The van der Waals surface area contributed by atoms with Crippen LogP contribution in [0.1, 0.15) is 23.2 Å². The number of amides is 1. The highest BCUT2D eigenvalue weighted by Gasteiger charge is 2.51. The topological polar surface area (TPSA) is 64.3 Å². The Hall–Kier alpha value is -1.53. The Kier molecular flexibility index (Phi) is 3.43. The lowest BCUT2D eigenvalue weighted by atomic mass is 9.68. The second kappa shape index (κ2) is 5.10. The zero-order valence-electron chi connectivity index (χ0n) is 10.8. The average Bonchev–Trinajstić information content (AvgIpc) is 2.43. The molecular formula is C14H16F2N2O2. The molecule has 1 aromatic carbocycles. The molecule has 0 spiro atoms. The van der Waals surface area contributed by atoms with E-state index < -0.39 is 17.5 Å². The molecule has 20 heavy (non-hydrogen) atoms. The quantitative estimate of drug-likeness (QED) is 0.856. The Morgan fingerprint density at radius 3 is 2.70 bits per heavy atom. The molecule has 1 amide bonds. The summed E-state index contributed by atoms with van der Waals surface area (Å²) < 4.78 is 31.8. The molecule has 6 heteroatoms. The predicted molar refractivity (Wildman–Crippen MR) is 68.1 cm³/mol. The van der Waals surface area contributed by atoms with Gasteiger partial charge in [-0.1, -0.05) is 0 Å². The third-order valence-corrected chi connectivity index (χ3v) is 4.10. The summed E-state index contributed by atoms with van der Waals surface area (Å²) in [7, 11) is 0. The number of fused-ring (bicyclic) bond motifs is 1. The molecule has 1 saturated heterocycles. The molecule has 2 aliphatic rings. The van der Waals surface area contributed by atoms with Crippen molar-refractivity contribution in [2.75, 3.05) is 6.61 Å². The molecule has 1 heterocycles. The number of nitrogens with one attached hydrogen (secondary N) is 1. The first kappa shape index (κ1) is 13.5. The lowest BCUT2D eigenvalue weighted by Crippen LogP contribution is -2.72. The molecule has 0 radical (unpaired) electrons. The van der Waals surface area contributed by atoms with Crippen LogP contribution >= 0.6 is 0 Å². The van der Waals surface area contributed by atoms with Crippen LogP contribution in [0.3, 0.4) is 0 Å². The van der Waals surface area contributed by atoms with E-state index in [4.69, 9.17) is 10.5 Å². The van der Waals surface area contributed by atoms with Crippen LogP contribution in [0, 0.1) is 17.6 Å². The van der Waals surface area contributed by atoms with Gasteiger partial charge in [0.25, 0.3) is 5.91 Å². The highest BCUT2D eigenvalue weighted by molar-refractivity contribution is 5.94. The molecule has 1 aliphatic carbocycles. The number of carbonyl (C=O) groups excluding carboxylic acids is 1. The van der Waals surface area contributed by atoms with Crippen molar-refractivity contribution in [2.45, 2.75) is 31.0 Å². The summed E-state index contributed by atoms with van der Waals surface area (Å²) in [6.45, 7) is 0.662. The molecule has 0 aromatic heterocycles. The van der Waals surface area contributed by atoms with Gasteiger partial charge >= 0.3 is 0 Å². The first-order valence-electron chi connectivity index (χ1n) is 6.70. The Balaban J connectivity index is 1.70. The number of carbonyl (C=O) groups is 1. The highest BCUT2D eigenvalue weighted by Crippen LogP contribution is 2.37. The summed E-state index contributed by atoms with van der Waals surface area (Å²) >= 11 is 0. The van der Waals surface area contributed by atoms with Crippen LogP contribution in [-0.4, -0.2) is 30.7 Å². The van der Waals surface area contributed by atoms with Gasteiger partial charge in [-0.05, 0) is 25.0 Å². The molecule has 2 fully saturated rings. The van der Waals surface area contributed by atoms with E-state index in [9.17, 15) is 13.6 Å². The van der Waals surface area contributed by atoms with Gasteiger partial charge in [0, 0.05) is 30.2 Å². The van der Waals surface area contributed by atoms with Crippen molar-refractivity contribution in [1.82, 2.24) is 5.32 Å². The van der Waals surface area contributed by atoms with Gasteiger partial charge in [0.1, 0.15) is 11.6 Å². The molecule has 0 bridgehead atoms. The number of benzene rings is 1.